The average molecular weight is 258 g/mol. The van der Waals surface area contributed by atoms with Crippen LogP contribution in [0.3, 0.4) is 0 Å². The van der Waals surface area contributed by atoms with Gasteiger partial charge >= 0.3 is 7.12 Å². The zero-order valence-corrected chi connectivity index (χ0v) is 11.3. The molecule has 0 bridgehead atoms. The van der Waals surface area contributed by atoms with Crippen molar-refractivity contribution in [2.24, 2.45) is 11.7 Å². The molecule has 106 valence electrons. The van der Waals surface area contributed by atoms with Gasteiger partial charge in [0.2, 0.25) is 0 Å². The fourth-order valence-corrected chi connectivity index (χ4v) is 2.68. The van der Waals surface area contributed by atoms with Crippen LogP contribution in [0.25, 0.3) is 0 Å². The number of aliphatic hydroxyl groups is 1. The summed E-state index contributed by atoms with van der Waals surface area (Å²) in [5.74, 6) is 0.282. The van der Waals surface area contributed by atoms with Gasteiger partial charge in [0.15, 0.2) is 0 Å². The minimum atomic E-state index is -1.23. The van der Waals surface area contributed by atoms with Gasteiger partial charge in [-0.1, -0.05) is 12.8 Å². The number of aliphatic hydroxyl groups excluding tert-OH is 1. The molecule has 6 N–H and O–H groups in total. The first kappa shape index (κ1) is 15.9. The highest BCUT2D eigenvalue weighted by Crippen LogP contribution is 2.26. The first-order chi connectivity index (χ1) is 8.43. The van der Waals surface area contributed by atoms with E-state index in [4.69, 9.17) is 15.8 Å². The molecule has 0 aromatic carbocycles. The first-order valence-corrected chi connectivity index (χ1v) is 6.97. The summed E-state index contributed by atoms with van der Waals surface area (Å²) in [5, 5.41) is 31.2. The lowest BCUT2D eigenvalue weighted by Gasteiger charge is -2.38. The Balaban J connectivity index is 2.31. The molecule has 1 rings (SSSR count). The Morgan fingerprint density at radius 1 is 1.33 bits per heavy atom. The van der Waals surface area contributed by atoms with Crippen LogP contribution in [0, 0.1) is 5.92 Å². The molecule has 1 aliphatic rings. The summed E-state index contributed by atoms with van der Waals surface area (Å²) >= 11 is 0. The van der Waals surface area contributed by atoms with Crippen molar-refractivity contribution in [3.05, 3.63) is 0 Å². The molecule has 2 unspecified atom stereocenters. The summed E-state index contributed by atoms with van der Waals surface area (Å²) in [6.45, 7) is 3.80. The number of piperidine rings is 1. The molecule has 0 aromatic rings. The molecule has 0 saturated carbocycles. The summed E-state index contributed by atoms with van der Waals surface area (Å²) in [5.41, 5.74) is 5.63. The lowest BCUT2D eigenvalue weighted by Crippen LogP contribution is -2.53. The fraction of sp³-hybridized carbons (Fsp3) is 1.00. The van der Waals surface area contributed by atoms with Gasteiger partial charge in [0.05, 0.1) is 6.10 Å². The summed E-state index contributed by atoms with van der Waals surface area (Å²) in [4.78, 5) is 0. The monoisotopic (exact) mass is 258 g/mol. The molecular weight excluding hydrogens is 231 g/mol. The van der Waals surface area contributed by atoms with Gasteiger partial charge in [-0.05, 0) is 51.5 Å². The van der Waals surface area contributed by atoms with E-state index in [1.54, 1.807) is 0 Å². The van der Waals surface area contributed by atoms with Gasteiger partial charge in [-0.2, -0.15) is 0 Å². The van der Waals surface area contributed by atoms with Crippen LogP contribution in [-0.4, -0.2) is 47.0 Å². The molecule has 0 spiro atoms. The Labute approximate surface area is 110 Å². The lowest BCUT2D eigenvalue weighted by atomic mass is 9.77. The second kappa shape index (κ2) is 7.45. The van der Waals surface area contributed by atoms with Gasteiger partial charge in [-0.15, -0.1) is 0 Å². The van der Waals surface area contributed by atoms with Gasteiger partial charge in [0, 0.05) is 5.54 Å². The largest absolute Gasteiger partial charge is 0.451 e. The summed E-state index contributed by atoms with van der Waals surface area (Å²) in [6.07, 6.45) is 4.10. The van der Waals surface area contributed by atoms with Crippen LogP contribution < -0.4 is 11.1 Å². The molecule has 6 heteroatoms. The van der Waals surface area contributed by atoms with Crippen LogP contribution in [0.1, 0.15) is 39.0 Å². The van der Waals surface area contributed by atoms with Crippen LogP contribution in [0.4, 0.5) is 0 Å². The molecule has 1 aliphatic heterocycles. The molecule has 5 nitrogen and oxygen atoms in total. The number of hydrogen-bond acceptors (Lipinski definition) is 5. The lowest BCUT2D eigenvalue weighted by molar-refractivity contribution is 0.0218. The number of rotatable bonds is 7. The van der Waals surface area contributed by atoms with E-state index in [1.165, 1.54) is 0 Å². The summed E-state index contributed by atoms with van der Waals surface area (Å²) in [6, 6.07) is 0. The topological polar surface area (TPSA) is 98.7 Å². The number of hydrogen-bond donors (Lipinski definition) is 5. The number of nitrogens with one attached hydrogen (secondary N) is 1. The van der Waals surface area contributed by atoms with Gasteiger partial charge in [-0.25, -0.2) is 0 Å². The molecule has 0 amide bonds. The van der Waals surface area contributed by atoms with Crippen LogP contribution in [0.15, 0.2) is 0 Å². The Hall–Kier alpha value is -0.135. The highest BCUT2D eigenvalue weighted by Gasteiger charge is 2.34. The van der Waals surface area contributed by atoms with Crippen LogP contribution >= 0.6 is 0 Å². The van der Waals surface area contributed by atoms with Gasteiger partial charge in [0.25, 0.3) is 0 Å². The Bertz CT molecular complexity index is 233. The third-order valence-electron chi connectivity index (χ3n) is 3.93. The predicted octanol–water partition coefficient (Wildman–Crippen LogP) is -0.293. The average Bonchev–Trinajstić information content (AvgIpc) is 2.34. The predicted molar refractivity (Wildman–Crippen MR) is 73.0 cm³/mol. The van der Waals surface area contributed by atoms with Crippen molar-refractivity contribution in [3.8, 4) is 0 Å². The molecule has 2 atom stereocenters. The van der Waals surface area contributed by atoms with E-state index in [1.807, 2.05) is 6.92 Å². The number of unbranched alkanes of at least 4 members (excludes halogenated alkanes) is 1. The molecule has 0 radical (unpaired) electrons. The Morgan fingerprint density at radius 2 is 1.94 bits per heavy atom. The molecule has 0 aliphatic carbocycles. The van der Waals surface area contributed by atoms with E-state index >= 15 is 0 Å². The second-order valence-corrected chi connectivity index (χ2v) is 5.76. The van der Waals surface area contributed by atoms with E-state index in [0.717, 1.165) is 38.8 Å². The van der Waals surface area contributed by atoms with Crippen molar-refractivity contribution in [1.82, 2.24) is 5.32 Å². The minimum Gasteiger partial charge on any atom is -0.427 e. The fourth-order valence-electron chi connectivity index (χ4n) is 2.68. The smallest absolute Gasteiger partial charge is 0.427 e. The zero-order valence-electron chi connectivity index (χ0n) is 11.3. The van der Waals surface area contributed by atoms with Crippen molar-refractivity contribution in [2.45, 2.75) is 57.0 Å². The second-order valence-electron chi connectivity index (χ2n) is 5.76. The van der Waals surface area contributed by atoms with Crippen LogP contribution in [0.5, 0.6) is 0 Å². The van der Waals surface area contributed by atoms with Crippen molar-refractivity contribution in [2.75, 3.05) is 13.1 Å². The SMILES string of the molecule is CC(N)(CCCCB(O)O)C(O)C1CCNCC1. The van der Waals surface area contributed by atoms with E-state index in [9.17, 15) is 5.11 Å². The van der Waals surface area contributed by atoms with Crippen molar-refractivity contribution < 1.29 is 15.2 Å². The molecule has 1 fully saturated rings. The molecule has 1 heterocycles. The van der Waals surface area contributed by atoms with Crippen LogP contribution in [-0.2, 0) is 0 Å². The normalized spacial score (nSPS) is 22.5. The standard InChI is InChI=1S/C12H27BN2O3/c1-12(14,6-2-3-7-13(17)18)11(16)10-4-8-15-9-5-10/h10-11,15-18H,2-9,14H2,1H3. The van der Waals surface area contributed by atoms with Gasteiger partial charge in [-0.3, -0.25) is 0 Å². The molecule has 1 saturated heterocycles. The zero-order chi connectivity index (χ0) is 13.6. The first-order valence-electron chi connectivity index (χ1n) is 6.97. The quantitative estimate of drug-likeness (QED) is 0.319. The maximum Gasteiger partial charge on any atom is 0.451 e. The third-order valence-corrected chi connectivity index (χ3v) is 3.93. The van der Waals surface area contributed by atoms with E-state index in [-0.39, 0.29) is 5.92 Å². The summed E-state index contributed by atoms with van der Waals surface area (Å²) < 4.78 is 0. The molecule has 0 aromatic heterocycles. The highest BCUT2D eigenvalue weighted by molar-refractivity contribution is 6.40. The van der Waals surface area contributed by atoms with E-state index < -0.39 is 18.8 Å². The van der Waals surface area contributed by atoms with Gasteiger partial charge in [0.1, 0.15) is 0 Å². The maximum absolute atomic E-state index is 10.4. The number of nitrogens with two attached hydrogens (primary N) is 1. The van der Waals surface area contributed by atoms with E-state index in [0.29, 0.717) is 12.7 Å². The third kappa shape index (κ3) is 5.24. The van der Waals surface area contributed by atoms with Gasteiger partial charge < -0.3 is 26.2 Å². The Morgan fingerprint density at radius 3 is 2.50 bits per heavy atom. The highest BCUT2D eigenvalue weighted by atomic mass is 16.4. The van der Waals surface area contributed by atoms with E-state index in [2.05, 4.69) is 5.32 Å². The maximum atomic E-state index is 10.4. The van der Waals surface area contributed by atoms with Crippen molar-refractivity contribution >= 4 is 7.12 Å². The molecule has 18 heavy (non-hydrogen) atoms. The minimum absolute atomic E-state index is 0.282. The van der Waals surface area contributed by atoms with Crippen molar-refractivity contribution in [3.63, 3.8) is 0 Å². The van der Waals surface area contributed by atoms with Crippen LogP contribution in [0.2, 0.25) is 6.32 Å². The summed E-state index contributed by atoms with van der Waals surface area (Å²) in [7, 11) is -1.23. The van der Waals surface area contributed by atoms with Crippen molar-refractivity contribution in [1.29, 1.82) is 0 Å². The Kier molecular flexibility index (Phi) is 6.59. The molecular formula is C12H27BN2O3.